The van der Waals surface area contributed by atoms with E-state index in [2.05, 4.69) is 57.5 Å². The third-order valence-electron chi connectivity index (χ3n) is 21.8. The van der Waals surface area contributed by atoms with Gasteiger partial charge in [-0.25, -0.2) is 19.6 Å². The number of benzene rings is 3. The summed E-state index contributed by atoms with van der Waals surface area (Å²) in [4.78, 5) is 214. The van der Waals surface area contributed by atoms with Crippen molar-refractivity contribution in [3.63, 3.8) is 0 Å². The second-order valence-corrected chi connectivity index (χ2v) is 34.5. The van der Waals surface area contributed by atoms with Gasteiger partial charge in [-0.2, -0.15) is 0 Å². The molecule has 0 radical (unpaired) electrons. The molecule has 0 saturated carbocycles. The minimum Gasteiger partial charge on any atom is -0.508 e. The fourth-order valence-electron chi connectivity index (χ4n) is 14.2. The summed E-state index contributed by atoms with van der Waals surface area (Å²) in [7, 11) is 3.95. The lowest BCUT2D eigenvalue weighted by atomic mass is 9.76. The maximum Gasteiger partial charge on any atom is 0.360 e. The van der Waals surface area contributed by atoms with Crippen molar-refractivity contribution in [3.8, 4) is 5.75 Å². The van der Waals surface area contributed by atoms with Crippen LogP contribution in [0.5, 0.6) is 5.75 Å². The number of aliphatic hydroxyl groups excluding tert-OH is 2. The van der Waals surface area contributed by atoms with E-state index in [-0.39, 0.29) is 79.7 Å². The number of methoxy groups -OCH3 is 2. The molecule has 3 aromatic heterocycles. The Kier molecular flexibility index (Phi) is 40.9. The average molecular weight is 1880 g/mol. The van der Waals surface area contributed by atoms with E-state index in [4.69, 9.17) is 44.0 Å². The van der Waals surface area contributed by atoms with E-state index in [0.29, 0.717) is 40.4 Å². The molecule has 8 rings (SSSR count). The standard InChI is InChI=1S/C94H115N13O24S2/c1-10-29-71(110)93(6,91(123)125-8)73-36-21-14-12-16-23-39-77-100-68(52-128-77)90(122)131-74(37-22-15-13-17-24-38-76-99-67(51-127-76)89(121)130-73)94(7,92(124)126-9)72(30-11-2)129-78(112)45-44-75(111)98-64(47-57-31-19-18-20-32-57)83(115)104-69-53-132-133-54-70(87(119)107-80(56(5)108)81(96)113)105-88(120)79(55(3)4)106-82(114)63(35-27-28-46-95)101-85(117)66(49-59-50-97-62-34-26-25-33-61(59)62)103-84(116)65(102-86(69)118)48-58-40-42-60(109)43-41-58/h10-26,29-34,38-43,50-52,55-56,63-66,69-74,79-80,97,108-110H,27-28,35-37,44-49,53-54,95H2,1-9H3,(H2,96,113)(H,98,111)(H,101,117)(H,102,118)(H,103,116)(H,104,115)(H,105,120)(H,106,114)(H,107,119)/b16-12+,17-13+,21-14-,22-15-,29-10+,30-11+,38-24+,39-23+/t56?,63-,64+,65+,66+,69-,70+,71?,72?,73?,74?,79-,80+,93?,94?/m0/s1. The van der Waals surface area contributed by atoms with Gasteiger partial charge >= 0.3 is 29.8 Å². The summed E-state index contributed by atoms with van der Waals surface area (Å²) in [6.07, 6.45) is 18.2. The molecule has 37 nitrogen and oxygen atoms in total. The number of oxazole rings is 2. The van der Waals surface area contributed by atoms with Crippen molar-refractivity contribution >= 4 is 128 Å². The number of carbonyl (C=O) groups is 14. The van der Waals surface area contributed by atoms with Gasteiger partial charge in [-0.05, 0) is 107 Å². The SMILES string of the molecule is C/C=C/C(O)C(C)(C(=O)OC)C1C\C=C/C=C/C=C/c2nc(co2)C(=O)OC(C(C)(C(=O)OC)C(/C=C/C)OC(=O)CCC(=O)N[C@H](Cc2ccccc2)C(=O)N[C@H]2CSSC[C@H](C(=O)N[C@@H](C(N)=O)C(C)O)NC(=O)[C@H](C(C)C)NC(=O)[C@H](CCCCN)NC(=O)[C@@H](Cc3c[nH]c4ccccc34)NC(=O)[C@@H](Cc3ccc(O)cc3)NC2=O)C\C=C/C=C/C=C/c2nc(co2)C(=O)O1. The van der Waals surface area contributed by atoms with Crippen molar-refractivity contribution in [2.75, 3.05) is 32.3 Å². The Morgan fingerprint density at radius 1 is 0.624 bits per heavy atom. The smallest absolute Gasteiger partial charge is 0.360 e. The van der Waals surface area contributed by atoms with Gasteiger partial charge in [0, 0.05) is 79.3 Å². The van der Waals surface area contributed by atoms with Gasteiger partial charge < -0.3 is 107 Å². The van der Waals surface area contributed by atoms with Gasteiger partial charge in [-0.1, -0.05) is 175 Å². The van der Waals surface area contributed by atoms with Crippen molar-refractivity contribution in [1.29, 1.82) is 0 Å². The number of unbranched alkanes of at least 4 members (excludes halogenated alkanes) is 1. The zero-order chi connectivity index (χ0) is 96.9. The predicted octanol–water partition coefficient (Wildman–Crippen LogP) is 5.86. The zero-order valence-electron chi connectivity index (χ0n) is 75.0. The molecule has 0 spiro atoms. The summed E-state index contributed by atoms with van der Waals surface area (Å²) in [5, 5.41) is 54.4. The third-order valence-corrected chi connectivity index (χ3v) is 24.3. The van der Waals surface area contributed by atoms with Crippen molar-refractivity contribution < 1.29 is 115 Å². The monoisotopic (exact) mass is 1870 g/mol. The minimum absolute atomic E-state index is 0.0205. The first kappa shape index (κ1) is 105. The molecular formula is C94H115N13O24S2. The van der Waals surface area contributed by atoms with Crippen LogP contribution in [0.15, 0.2) is 191 Å². The minimum atomic E-state index is -2.13. The molecule has 4 bridgehead atoms. The van der Waals surface area contributed by atoms with Gasteiger partial charge in [0.05, 0.1) is 32.8 Å². The molecule has 39 heteroatoms. The van der Waals surface area contributed by atoms with Crippen molar-refractivity contribution in [2.45, 2.75) is 192 Å². The number of ether oxygens (including phenoxy) is 5. The normalized spacial score (nSPS) is 22.6. The number of allylic oxidation sites excluding steroid dienone is 10. The number of nitrogens with zero attached hydrogens (tertiary/aromatic N) is 2. The number of rotatable bonds is 30. The molecule has 2 aliphatic heterocycles. The number of amides is 9. The highest BCUT2D eigenvalue weighted by Gasteiger charge is 2.53. The highest BCUT2D eigenvalue weighted by atomic mass is 33.1. The van der Waals surface area contributed by atoms with Crippen LogP contribution in [0.25, 0.3) is 23.1 Å². The van der Waals surface area contributed by atoms with Gasteiger partial charge in [0.1, 0.15) is 95.8 Å². The number of fused-ring (bicyclic) bond motifs is 5. The number of phenols is 1. The maximum absolute atomic E-state index is 15.5. The summed E-state index contributed by atoms with van der Waals surface area (Å²) < 4.78 is 39.7. The number of aromatic hydroxyl groups is 1. The van der Waals surface area contributed by atoms with E-state index in [1.54, 1.807) is 119 Å². The van der Waals surface area contributed by atoms with E-state index in [1.165, 1.54) is 112 Å². The van der Waals surface area contributed by atoms with Gasteiger partial charge in [0.25, 0.3) is 0 Å². The van der Waals surface area contributed by atoms with Gasteiger partial charge in [0.15, 0.2) is 11.4 Å². The number of phenolic OH excluding ortho intramolecular Hbond substituents is 1. The molecule has 7 unspecified atom stereocenters. The molecule has 712 valence electrons. The molecule has 0 aliphatic carbocycles. The van der Waals surface area contributed by atoms with Crippen LogP contribution in [0.1, 0.15) is 143 Å². The highest BCUT2D eigenvalue weighted by Crippen LogP contribution is 2.38. The number of hydrogen-bond donors (Lipinski definition) is 14. The number of hydrogen-bond acceptors (Lipinski definition) is 29. The lowest BCUT2D eigenvalue weighted by Crippen LogP contribution is -2.62. The van der Waals surface area contributed by atoms with E-state index < -0.39 is 197 Å². The van der Waals surface area contributed by atoms with Crippen molar-refractivity contribution in [1.82, 2.24) is 57.5 Å². The second-order valence-electron chi connectivity index (χ2n) is 32.0. The van der Waals surface area contributed by atoms with Gasteiger partial charge in [0.2, 0.25) is 64.9 Å². The van der Waals surface area contributed by atoms with Crippen LogP contribution in [-0.4, -0.2) is 224 Å². The van der Waals surface area contributed by atoms with E-state index in [1.807, 2.05) is 0 Å². The fraction of sp³-hybridized carbons (Fsp3) is 0.404. The second kappa shape index (κ2) is 51.9. The summed E-state index contributed by atoms with van der Waals surface area (Å²) in [6.45, 7) is 10.5. The number of cyclic esters (lactones) is 2. The Morgan fingerprint density at radius 2 is 1.18 bits per heavy atom. The summed E-state index contributed by atoms with van der Waals surface area (Å²) in [6, 6.07) is 8.65. The number of primary amides is 1. The molecule has 16 N–H and O–H groups in total. The third kappa shape index (κ3) is 30.5. The van der Waals surface area contributed by atoms with Gasteiger partial charge in [-0.15, -0.1) is 0 Å². The molecule has 1 fully saturated rings. The number of carbonyl (C=O) groups excluding carboxylic acids is 14. The number of H-pyrrole nitrogens is 1. The molecular weight excluding hydrogens is 1760 g/mol. The zero-order valence-corrected chi connectivity index (χ0v) is 76.7. The predicted molar refractivity (Wildman–Crippen MR) is 493 cm³/mol. The topological polar surface area (TPSA) is 562 Å². The van der Waals surface area contributed by atoms with E-state index in [0.717, 1.165) is 48.3 Å². The molecule has 133 heavy (non-hydrogen) atoms. The summed E-state index contributed by atoms with van der Waals surface area (Å²) in [5.74, 6) is -15.5. The number of para-hydroxylation sites is 1. The Labute approximate surface area is 776 Å². The first-order chi connectivity index (χ1) is 63.6. The number of aliphatic hydroxyl groups is 2. The Balaban J connectivity index is 1.09. The van der Waals surface area contributed by atoms with Crippen LogP contribution in [0, 0.1) is 16.7 Å². The van der Waals surface area contributed by atoms with Crippen LogP contribution < -0.4 is 54.0 Å². The molecule has 5 heterocycles. The number of nitrogens with two attached hydrogens (primary N) is 2. The molecule has 2 aliphatic rings. The quantitative estimate of drug-likeness (QED) is 0.00825. The number of esters is 5. The number of nitrogens with one attached hydrogen (secondary N) is 9. The maximum atomic E-state index is 15.5. The summed E-state index contributed by atoms with van der Waals surface area (Å²) in [5.41, 5.74) is 9.04. The van der Waals surface area contributed by atoms with E-state index in [9.17, 15) is 63.3 Å². The highest BCUT2D eigenvalue weighted by molar-refractivity contribution is 8.76. The van der Waals surface area contributed by atoms with Crippen LogP contribution in [0.3, 0.4) is 0 Å². The number of aromatic nitrogens is 3. The Hall–Kier alpha value is -13.5. The molecule has 9 amide bonds. The van der Waals surface area contributed by atoms with Crippen LogP contribution in [-0.2, 0) is 100 Å². The largest absolute Gasteiger partial charge is 0.508 e. The lowest BCUT2D eigenvalue weighted by Gasteiger charge is -2.38. The molecule has 3 aromatic carbocycles. The average Bonchev–Trinajstić information content (AvgIpc) is 0.974. The molecule has 15 atom stereocenters. The van der Waals surface area contributed by atoms with E-state index >= 15 is 19.2 Å². The van der Waals surface area contributed by atoms with Crippen molar-refractivity contribution in [2.24, 2.45) is 28.2 Å². The fourth-order valence-corrected chi connectivity index (χ4v) is 16.5. The summed E-state index contributed by atoms with van der Waals surface area (Å²) >= 11 is 0. The van der Waals surface area contributed by atoms with Gasteiger partial charge in [-0.3, -0.25) is 57.5 Å². The number of aromatic amines is 1. The van der Waals surface area contributed by atoms with Crippen LogP contribution in [0.4, 0.5) is 0 Å². The lowest BCUT2D eigenvalue weighted by molar-refractivity contribution is -0.176. The van der Waals surface area contributed by atoms with Crippen LogP contribution in [0.2, 0.25) is 0 Å². The first-order valence-electron chi connectivity index (χ1n) is 43.0. The van der Waals surface area contributed by atoms with Crippen molar-refractivity contribution in [3.05, 3.63) is 223 Å². The molecule has 1 saturated heterocycles. The Morgan fingerprint density at radius 3 is 1.77 bits per heavy atom. The van der Waals surface area contributed by atoms with Crippen LogP contribution >= 0.6 is 21.6 Å². The Bertz CT molecular complexity index is 5290. The first-order valence-corrected chi connectivity index (χ1v) is 45.5. The molecule has 6 aromatic rings.